The maximum Gasteiger partial charge on any atom is 0.119 e. The van der Waals surface area contributed by atoms with Crippen LogP contribution in [0.1, 0.15) is 64.5 Å². The summed E-state index contributed by atoms with van der Waals surface area (Å²) in [5.41, 5.74) is 5.03. The van der Waals surface area contributed by atoms with E-state index in [-0.39, 0.29) is 0 Å². The van der Waals surface area contributed by atoms with Crippen LogP contribution in [0.5, 0.6) is 5.75 Å². The zero-order valence-electron chi connectivity index (χ0n) is 17.8. The Morgan fingerprint density at radius 3 is 2.52 bits per heavy atom. The minimum atomic E-state index is 0.728. The second-order valence-electron chi connectivity index (χ2n) is 8.17. The Morgan fingerprint density at radius 2 is 1.78 bits per heavy atom. The highest BCUT2D eigenvalue weighted by Crippen LogP contribution is 2.28. The van der Waals surface area contributed by atoms with Crippen LogP contribution in [0, 0.1) is 18.8 Å². The molecule has 0 aromatic heterocycles. The summed E-state index contributed by atoms with van der Waals surface area (Å²) < 4.78 is 6.07. The molecular formula is C26H36O. The lowest BCUT2D eigenvalue weighted by Crippen LogP contribution is -2.05. The number of aryl methyl sites for hydroxylation is 1. The number of rotatable bonds is 10. The van der Waals surface area contributed by atoms with Crippen LogP contribution in [0.15, 0.2) is 48.5 Å². The molecule has 1 heteroatoms. The van der Waals surface area contributed by atoms with Gasteiger partial charge in [0.25, 0.3) is 0 Å². The molecule has 0 aliphatic carbocycles. The minimum absolute atomic E-state index is 0.728. The normalized spacial score (nSPS) is 12.7. The van der Waals surface area contributed by atoms with Crippen LogP contribution in [0.2, 0.25) is 0 Å². The molecule has 0 amide bonds. The fourth-order valence-corrected chi connectivity index (χ4v) is 3.40. The van der Waals surface area contributed by atoms with Gasteiger partial charge in [0.2, 0.25) is 0 Å². The first-order valence-electron chi connectivity index (χ1n) is 10.5. The molecule has 1 nitrogen and oxygen atoms in total. The molecule has 0 fully saturated rings. The van der Waals surface area contributed by atoms with E-state index in [1.165, 1.54) is 41.5 Å². The number of allylic oxidation sites excluding steroid dienone is 1. The molecule has 0 saturated carbocycles. The molecule has 0 radical (unpaired) electrons. The second-order valence-corrected chi connectivity index (χ2v) is 8.17. The van der Waals surface area contributed by atoms with Crippen molar-refractivity contribution >= 4 is 6.08 Å². The van der Waals surface area contributed by atoms with Crippen molar-refractivity contribution < 1.29 is 4.74 Å². The summed E-state index contributed by atoms with van der Waals surface area (Å²) in [5, 5.41) is 0. The van der Waals surface area contributed by atoms with Crippen LogP contribution in [-0.2, 0) is 0 Å². The number of benzene rings is 2. The largest absolute Gasteiger partial charge is 0.494 e. The third kappa shape index (κ3) is 7.25. The molecule has 27 heavy (non-hydrogen) atoms. The lowest BCUT2D eigenvalue weighted by Gasteiger charge is -2.14. The van der Waals surface area contributed by atoms with Crippen molar-refractivity contribution in [2.45, 2.75) is 60.3 Å². The van der Waals surface area contributed by atoms with Crippen LogP contribution in [0.25, 0.3) is 17.2 Å². The smallest absolute Gasteiger partial charge is 0.119 e. The van der Waals surface area contributed by atoms with E-state index in [9.17, 15) is 0 Å². The van der Waals surface area contributed by atoms with E-state index in [1.54, 1.807) is 0 Å². The molecule has 0 saturated heterocycles. The molecule has 0 heterocycles. The van der Waals surface area contributed by atoms with E-state index in [2.05, 4.69) is 89.2 Å². The summed E-state index contributed by atoms with van der Waals surface area (Å²) in [4.78, 5) is 0. The van der Waals surface area contributed by atoms with Crippen molar-refractivity contribution in [2.75, 3.05) is 6.61 Å². The molecule has 0 aliphatic heterocycles. The fraction of sp³-hybridized carbons (Fsp3) is 0.462. The molecule has 2 rings (SSSR count). The maximum atomic E-state index is 6.07. The van der Waals surface area contributed by atoms with Gasteiger partial charge in [-0.3, -0.25) is 0 Å². The summed E-state index contributed by atoms with van der Waals surface area (Å²) in [6.45, 7) is 12.0. The van der Waals surface area contributed by atoms with E-state index in [0.717, 1.165) is 30.6 Å². The Labute approximate surface area is 166 Å². The molecular weight excluding hydrogens is 328 g/mol. The number of hydrogen-bond donors (Lipinski definition) is 0. The van der Waals surface area contributed by atoms with Gasteiger partial charge in [0, 0.05) is 0 Å². The monoisotopic (exact) mass is 364 g/mol. The second kappa shape index (κ2) is 11.0. The van der Waals surface area contributed by atoms with Gasteiger partial charge in [-0.15, -0.1) is 0 Å². The molecule has 0 spiro atoms. The topological polar surface area (TPSA) is 9.23 Å². The first kappa shape index (κ1) is 21.3. The van der Waals surface area contributed by atoms with E-state index >= 15 is 0 Å². The Bertz CT molecular complexity index is 727. The maximum absolute atomic E-state index is 6.07. The van der Waals surface area contributed by atoms with Crippen LogP contribution in [0.4, 0.5) is 0 Å². The van der Waals surface area contributed by atoms with Crippen molar-refractivity contribution in [3.63, 3.8) is 0 Å². The Morgan fingerprint density at radius 1 is 0.963 bits per heavy atom. The zero-order valence-corrected chi connectivity index (χ0v) is 17.8. The molecule has 0 aliphatic rings. The summed E-state index contributed by atoms with van der Waals surface area (Å²) >= 11 is 0. The highest BCUT2D eigenvalue weighted by Gasteiger charge is 2.06. The van der Waals surface area contributed by atoms with Gasteiger partial charge in [-0.2, -0.15) is 0 Å². The minimum Gasteiger partial charge on any atom is -0.494 e. The highest BCUT2D eigenvalue weighted by molar-refractivity contribution is 5.71. The van der Waals surface area contributed by atoms with Crippen molar-refractivity contribution in [1.29, 1.82) is 0 Å². The van der Waals surface area contributed by atoms with E-state index in [4.69, 9.17) is 4.74 Å². The van der Waals surface area contributed by atoms with Gasteiger partial charge in [-0.05, 0) is 72.6 Å². The third-order valence-corrected chi connectivity index (χ3v) is 5.12. The summed E-state index contributed by atoms with van der Waals surface area (Å²) in [7, 11) is 0. The van der Waals surface area contributed by atoms with Gasteiger partial charge in [0.05, 0.1) is 6.61 Å². The Kier molecular flexibility index (Phi) is 8.64. The first-order valence-corrected chi connectivity index (χ1v) is 10.5. The molecule has 1 atom stereocenters. The number of ether oxygens (including phenoxy) is 1. The fourth-order valence-electron chi connectivity index (χ4n) is 3.40. The standard InChI is InChI=1S/C26H36O/c1-6-9-23-15-14-22(5)26(18-23)24-12-8-13-25(19-24)27-17-16-21(4)11-7-10-20(2)3/h6,8-9,12-15,18-21H,7,10-11,16-17H2,1-5H3/b9-6+. The third-order valence-electron chi connectivity index (χ3n) is 5.12. The average Bonchev–Trinajstić information content (AvgIpc) is 2.63. The highest BCUT2D eigenvalue weighted by atomic mass is 16.5. The van der Waals surface area contributed by atoms with E-state index < -0.39 is 0 Å². The van der Waals surface area contributed by atoms with E-state index in [0.29, 0.717) is 0 Å². The lowest BCUT2D eigenvalue weighted by atomic mass is 9.97. The van der Waals surface area contributed by atoms with Crippen molar-refractivity contribution in [3.05, 3.63) is 59.7 Å². The van der Waals surface area contributed by atoms with Crippen LogP contribution < -0.4 is 4.74 Å². The predicted molar refractivity (Wildman–Crippen MR) is 119 cm³/mol. The average molecular weight is 365 g/mol. The van der Waals surface area contributed by atoms with Gasteiger partial charge >= 0.3 is 0 Å². The summed E-state index contributed by atoms with van der Waals surface area (Å²) in [6, 6.07) is 15.1. The van der Waals surface area contributed by atoms with Crippen molar-refractivity contribution in [3.8, 4) is 16.9 Å². The van der Waals surface area contributed by atoms with Crippen LogP contribution in [-0.4, -0.2) is 6.61 Å². The lowest BCUT2D eigenvalue weighted by molar-refractivity contribution is 0.276. The quantitative estimate of drug-likeness (QED) is 0.416. The molecule has 2 aromatic carbocycles. The van der Waals surface area contributed by atoms with Crippen molar-refractivity contribution in [2.24, 2.45) is 11.8 Å². The molecule has 0 N–H and O–H groups in total. The Hall–Kier alpha value is -2.02. The van der Waals surface area contributed by atoms with E-state index in [1.807, 2.05) is 0 Å². The SMILES string of the molecule is C/C=C/c1ccc(C)c(-c2cccc(OCCC(C)CCCC(C)C)c2)c1. The van der Waals surface area contributed by atoms with Crippen LogP contribution >= 0.6 is 0 Å². The van der Waals surface area contributed by atoms with Crippen LogP contribution in [0.3, 0.4) is 0 Å². The number of hydrogen-bond acceptors (Lipinski definition) is 1. The predicted octanol–water partition coefficient (Wildman–Crippen LogP) is 7.93. The molecule has 0 bridgehead atoms. The summed E-state index contributed by atoms with van der Waals surface area (Å²) in [5.74, 6) is 2.51. The Balaban J connectivity index is 1.95. The van der Waals surface area contributed by atoms with Gasteiger partial charge in [0.15, 0.2) is 0 Å². The van der Waals surface area contributed by atoms with Crippen molar-refractivity contribution in [1.82, 2.24) is 0 Å². The molecule has 2 aromatic rings. The molecule has 1 unspecified atom stereocenters. The zero-order chi connectivity index (χ0) is 19.6. The summed E-state index contributed by atoms with van der Waals surface area (Å²) in [6.07, 6.45) is 9.31. The van der Waals surface area contributed by atoms with Gasteiger partial charge in [0.1, 0.15) is 5.75 Å². The van der Waals surface area contributed by atoms with Gasteiger partial charge in [-0.25, -0.2) is 0 Å². The molecule has 146 valence electrons. The first-order chi connectivity index (χ1) is 13.0. The van der Waals surface area contributed by atoms with Gasteiger partial charge < -0.3 is 4.74 Å². The van der Waals surface area contributed by atoms with Gasteiger partial charge in [-0.1, -0.05) is 76.5 Å².